The summed E-state index contributed by atoms with van der Waals surface area (Å²) in [6, 6.07) is 10.7. The highest BCUT2D eigenvalue weighted by atomic mass is 35.5. The zero-order chi connectivity index (χ0) is 22.5. The Morgan fingerprint density at radius 1 is 1.23 bits per heavy atom. The summed E-state index contributed by atoms with van der Waals surface area (Å²) in [7, 11) is 0. The molecule has 1 saturated heterocycles. The maximum atomic E-state index is 13.2. The van der Waals surface area contributed by atoms with E-state index in [2.05, 4.69) is 5.32 Å². The molecule has 1 aliphatic heterocycles. The molecule has 1 aliphatic rings. The smallest absolute Gasteiger partial charge is 0.311 e. The topological polar surface area (TPSA) is 84.9 Å². The fraction of sp³-hybridized carbons (Fsp3) is 0.318. The molecule has 0 bridgehead atoms. The summed E-state index contributed by atoms with van der Waals surface area (Å²) in [4.78, 5) is 38.2. The normalized spacial score (nSPS) is 15.8. The molecule has 0 spiro atoms. The van der Waals surface area contributed by atoms with Crippen molar-refractivity contribution in [3.8, 4) is 5.75 Å². The fourth-order valence-electron chi connectivity index (χ4n) is 3.12. The van der Waals surface area contributed by atoms with E-state index in [-0.39, 0.29) is 35.7 Å². The Labute approximate surface area is 184 Å². The molecule has 0 aliphatic carbocycles. The minimum absolute atomic E-state index is 0.00172. The minimum Gasteiger partial charge on any atom is -0.491 e. The third kappa shape index (κ3) is 5.95. The predicted molar refractivity (Wildman–Crippen MR) is 114 cm³/mol. The SMILES string of the molecule is CC(C)Oc1ccc(N2C[C@@H](C(=O)OCC(=O)Nc3ccc(F)c(Cl)c3)CC2=O)cc1. The zero-order valence-electron chi connectivity index (χ0n) is 17.1. The average molecular weight is 449 g/mol. The number of amides is 2. The van der Waals surface area contributed by atoms with Crippen molar-refractivity contribution in [2.45, 2.75) is 26.4 Å². The quantitative estimate of drug-likeness (QED) is 0.651. The van der Waals surface area contributed by atoms with Crippen LogP contribution in [0.2, 0.25) is 5.02 Å². The first kappa shape index (κ1) is 22.6. The van der Waals surface area contributed by atoms with Crippen LogP contribution in [0.1, 0.15) is 20.3 Å². The van der Waals surface area contributed by atoms with Gasteiger partial charge in [-0.3, -0.25) is 14.4 Å². The number of anilines is 2. The highest BCUT2D eigenvalue weighted by molar-refractivity contribution is 6.31. The number of carbonyl (C=O) groups excluding carboxylic acids is 3. The van der Waals surface area contributed by atoms with Crippen LogP contribution in [0.5, 0.6) is 5.75 Å². The number of rotatable bonds is 7. The lowest BCUT2D eigenvalue weighted by Crippen LogP contribution is -2.28. The van der Waals surface area contributed by atoms with Crippen LogP contribution in [0.15, 0.2) is 42.5 Å². The van der Waals surface area contributed by atoms with Crippen molar-refractivity contribution >= 4 is 40.8 Å². The molecule has 2 aromatic rings. The third-order valence-electron chi connectivity index (χ3n) is 4.53. The molecule has 3 rings (SSSR count). The van der Waals surface area contributed by atoms with Gasteiger partial charge < -0.3 is 19.7 Å². The van der Waals surface area contributed by atoms with Crippen LogP contribution in [0.3, 0.4) is 0 Å². The van der Waals surface area contributed by atoms with Gasteiger partial charge in [-0.15, -0.1) is 0 Å². The number of hydrogen-bond acceptors (Lipinski definition) is 5. The van der Waals surface area contributed by atoms with Gasteiger partial charge in [-0.25, -0.2) is 4.39 Å². The lowest BCUT2D eigenvalue weighted by Gasteiger charge is -2.17. The molecule has 0 aromatic heterocycles. The number of halogens is 2. The standard InChI is InChI=1S/C22H22ClFN2O5/c1-13(2)31-17-6-4-16(5-7-17)26-11-14(9-21(26)28)22(29)30-12-20(27)25-15-3-8-19(24)18(23)10-15/h3-8,10,13-14H,9,11-12H2,1-2H3,(H,25,27)/t14-/m0/s1. The maximum absolute atomic E-state index is 13.2. The molecule has 1 fully saturated rings. The van der Waals surface area contributed by atoms with Crippen LogP contribution in [0.25, 0.3) is 0 Å². The van der Waals surface area contributed by atoms with E-state index < -0.39 is 30.2 Å². The maximum Gasteiger partial charge on any atom is 0.311 e. The van der Waals surface area contributed by atoms with Crippen LogP contribution >= 0.6 is 11.6 Å². The van der Waals surface area contributed by atoms with Crippen molar-refractivity contribution < 1.29 is 28.2 Å². The van der Waals surface area contributed by atoms with E-state index >= 15 is 0 Å². The Morgan fingerprint density at radius 2 is 1.94 bits per heavy atom. The van der Waals surface area contributed by atoms with Crippen LogP contribution in [-0.4, -0.2) is 37.0 Å². The van der Waals surface area contributed by atoms with Crippen molar-refractivity contribution in [2.24, 2.45) is 5.92 Å². The lowest BCUT2D eigenvalue weighted by atomic mass is 10.1. The largest absolute Gasteiger partial charge is 0.491 e. The molecule has 2 amide bonds. The summed E-state index contributed by atoms with van der Waals surface area (Å²) < 4.78 is 23.8. The summed E-state index contributed by atoms with van der Waals surface area (Å²) in [6.45, 7) is 3.48. The van der Waals surface area contributed by atoms with Gasteiger partial charge in [-0.2, -0.15) is 0 Å². The average Bonchev–Trinajstić information content (AvgIpc) is 3.11. The van der Waals surface area contributed by atoms with E-state index in [1.165, 1.54) is 17.0 Å². The van der Waals surface area contributed by atoms with E-state index in [0.717, 1.165) is 6.07 Å². The number of ether oxygens (including phenoxy) is 2. The number of hydrogen-bond donors (Lipinski definition) is 1. The van der Waals surface area contributed by atoms with Crippen LogP contribution < -0.4 is 15.0 Å². The highest BCUT2D eigenvalue weighted by Crippen LogP contribution is 2.28. The number of nitrogens with one attached hydrogen (secondary N) is 1. The highest BCUT2D eigenvalue weighted by Gasteiger charge is 2.36. The summed E-state index contributed by atoms with van der Waals surface area (Å²) >= 11 is 5.66. The Bertz CT molecular complexity index is 980. The van der Waals surface area contributed by atoms with Crippen LogP contribution in [-0.2, 0) is 19.1 Å². The number of nitrogens with zero attached hydrogens (tertiary/aromatic N) is 1. The van der Waals surface area contributed by atoms with E-state index in [1.54, 1.807) is 24.3 Å². The number of esters is 1. The first-order chi connectivity index (χ1) is 14.7. The van der Waals surface area contributed by atoms with Gasteiger partial charge in [0.1, 0.15) is 11.6 Å². The fourth-order valence-corrected chi connectivity index (χ4v) is 3.30. The molecule has 1 heterocycles. The van der Waals surface area contributed by atoms with Gasteiger partial charge in [0, 0.05) is 24.3 Å². The van der Waals surface area contributed by atoms with Gasteiger partial charge in [-0.05, 0) is 56.3 Å². The Kier molecular flexibility index (Phi) is 7.12. The van der Waals surface area contributed by atoms with Gasteiger partial charge in [0.2, 0.25) is 5.91 Å². The minimum atomic E-state index is -0.674. The summed E-state index contributed by atoms with van der Waals surface area (Å²) in [6.07, 6.45) is 0.0359. The second-order valence-corrected chi connectivity index (χ2v) is 7.76. The zero-order valence-corrected chi connectivity index (χ0v) is 17.8. The van der Waals surface area contributed by atoms with E-state index in [9.17, 15) is 18.8 Å². The second kappa shape index (κ2) is 9.78. The molecular formula is C22H22ClFN2O5. The monoisotopic (exact) mass is 448 g/mol. The lowest BCUT2D eigenvalue weighted by molar-refractivity contribution is -0.151. The van der Waals surface area contributed by atoms with Crippen LogP contribution in [0.4, 0.5) is 15.8 Å². The van der Waals surface area contributed by atoms with Gasteiger partial charge in [0.25, 0.3) is 5.91 Å². The molecule has 31 heavy (non-hydrogen) atoms. The van der Waals surface area contributed by atoms with Crippen molar-refractivity contribution in [2.75, 3.05) is 23.4 Å². The van der Waals surface area contributed by atoms with Gasteiger partial charge in [0.05, 0.1) is 17.0 Å². The first-order valence-corrected chi connectivity index (χ1v) is 10.1. The summed E-state index contributed by atoms with van der Waals surface area (Å²) in [5, 5.41) is 2.33. The number of benzene rings is 2. The Balaban J connectivity index is 1.51. The predicted octanol–water partition coefficient (Wildman–Crippen LogP) is 3.80. The Hall–Kier alpha value is -3.13. The molecule has 0 saturated carbocycles. The molecule has 1 N–H and O–H groups in total. The van der Waals surface area contributed by atoms with Crippen LogP contribution in [0, 0.1) is 11.7 Å². The number of carbonyl (C=O) groups is 3. The Morgan fingerprint density at radius 3 is 2.58 bits per heavy atom. The first-order valence-electron chi connectivity index (χ1n) is 9.71. The molecule has 0 unspecified atom stereocenters. The molecule has 2 aromatic carbocycles. The van der Waals surface area contributed by atoms with Gasteiger partial charge in [0.15, 0.2) is 6.61 Å². The van der Waals surface area contributed by atoms with Crippen molar-refractivity contribution in [3.63, 3.8) is 0 Å². The molecule has 0 radical (unpaired) electrons. The summed E-state index contributed by atoms with van der Waals surface area (Å²) in [5.41, 5.74) is 0.932. The molecule has 7 nitrogen and oxygen atoms in total. The summed E-state index contributed by atoms with van der Waals surface area (Å²) in [5.74, 6) is -2.03. The van der Waals surface area contributed by atoms with Gasteiger partial charge >= 0.3 is 5.97 Å². The van der Waals surface area contributed by atoms with Crippen molar-refractivity contribution in [1.82, 2.24) is 0 Å². The third-order valence-corrected chi connectivity index (χ3v) is 4.82. The van der Waals surface area contributed by atoms with Crippen molar-refractivity contribution in [1.29, 1.82) is 0 Å². The van der Waals surface area contributed by atoms with E-state index in [1.807, 2.05) is 13.8 Å². The van der Waals surface area contributed by atoms with E-state index in [4.69, 9.17) is 21.1 Å². The molecular weight excluding hydrogens is 427 g/mol. The molecule has 1 atom stereocenters. The van der Waals surface area contributed by atoms with E-state index in [0.29, 0.717) is 11.4 Å². The molecule has 9 heteroatoms. The molecule has 164 valence electrons. The van der Waals surface area contributed by atoms with Crippen molar-refractivity contribution in [3.05, 3.63) is 53.3 Å². The second-order valence-electron chi connectivity index (χ2n) is 7.35. The van der Waals surface area contributed by atoms with Gasteiger partial charge in [-0.1, -0.05) is 11.6 Å².